The number of nitrogens with zero attached hydrogens (tertiary/aromatic N) is 2. The summed E-state index contributed by atoms with van der Waals surface area (Å²) in [5.74, 6) is -1.05. The van der Waals surface area contributed by atoms with Crippen LogP contribution in [0.3, 0.4) is 0 Å². The Balaban J connectivity index is 0.000000511. The molecule has 0 aliphatic carbocycles. The lowest BCUT2D eigenvalue weighted by Crippen LogP contribution is -2.11. The predicted molar refractivity (Wildman–Crippen MR) is 73.6 cm³/mol. The van der Waals surface area contributed by atoms with Crippen LogP contribution in [-0.2, 0) is 9.59 Å². The molecule has 114 valence electrons. The number of aromatic nitrogens is 2. The first-order valence-corrected chi connectivity index (χ1v) is 7.23. The first kappa shape index (κ1) is 18.4. The smallest absolute Gasteiger partial charge is 0.414 e. The Labute approximate surface area is 120 Å². The summed E-state index contributed by atoms with van der Waals surface area (Å²) < 4.78 is 5.09. The summed E-state index contributed by atoms with van der Waals surface area (Å²) in [4.78, 5) is 22.4. The molecule has 0 amide bonds. The summed E-state index contributed by atoms with van der Waals surface area (Å²) in [5.41, 5.74) is 5.88. The summed E-state index contributed by atoms with van der Waals surface area (Å²) in [7, 11) is 0. The van der Waals surface area contributed by atoms with Gasteiger partial charge in [0.25, 0.3) is 0 Å². The standard InChI is InChI=1S/C9H17N3OS.C2H2O4/c1-6(2)8-11-9(13-12-8)7(10)4-5-14-3;3-1(4)2(5)6/h6-7H,4-5,10H2,1-3H3;(H,3,4)(H,5,6). The van der Waals surface area contributed by atoms with Gasteiger partial charge >= 0.3 is 11.9 Å². The van der Waals surface area contributed by atoms with E-state index in [2.05, 4.69) is 16.4 Å². The molecule has 8 nitrogen and oxygen atoms in total. The van der Waals surface area contributed by atoms with E-state index in [1.54, 1.807) is 11.8 Å². The first-order valence-electron chi connectivity index (χ1n) is 5.83. The molecule has 20 heavy (non-hydrogen) atoms. The Morgan fingerprint density at radius 1 is 1.35 bits per heavy atom. The van der Waals surface area contributed by atoms with Gasteiger partial charge in [-0.3, -0.25) is 0 Å². The van der Waals surface area contributed by atoms with Crippen LogP contribution in [0.15, 0.2) is 4.52 Å². The maximum absolute atomic E-state index is 9.10. The molecule has 0 radical (unpaired) electrons. The molecule has 4 N–H and O–H groups in total. The summed E-state index contributed by atoms with van der Waals surface area (Å²) >= 11 is 1.77. The van der Waals surface area contributed by atoms with Crippen LogP contribution in [0.2, 0.25) is 0 Å². The van der Waals surface area contributed by atoms with Crippen LogP contribution in [0, 0.1) is 0 Å². The van der Waals surface area contributed by atoms with E-state index in [1.165, 1.54) is 0 Å². The summed E-state index contributed by atoms with van der Waals surface area (Å²) in [6.07, 6.45) is 2.93. The average Bonchev–Trinajstić information content (AvgIpc) is 2.86. The molecule has 1 atom stereocenters. The van der Waals surface area contributed by atoms with Crippen molar-refractivity contribution in [3.63, 3.8) is 0 Å². The predicted octanol–water partition coefficient (Wildman–Crippen LogP) is 1.10. The molecule has 1 heterocycles. The molecule has 1 unspecified atom stereocenters. The van der Waals surface area contributed by atoms with Crippen molar-refractivity contribution in [1.29, 1.82) is 0 Å². The molecule has 0 aliphatic heterocycles. The molecule has 0 spiro atoms. The SMILES string of the molecule is CSCCC(N)c1nc(C(C)C)no1.O=C(O)C(=O)O. The number of thioether (sulfide) groups is 1. The van der Waals surface area contributed by atoms with Gasteiger partial charge in [-0.15, -0.1) is 0 Å². The van der Waals surface area contributed by atoms with E-state index in [0.29, 0.717) is 11.8 Å². The highest BCUT2D eigenvalue weighted by molar-refractivity contribution is 7.98. The van der Waals surface area contributed by atoms with Crippen molar-refractivity contribution in [3.8, 4) is 0 Å². The number of carboxylic acids is 2. The number of hydrogen-bond acceptors (Lipinski definition) is 7. The molecular formula is C11H19N3O5S. The van der Waals surface area contributed by atoms with Crippen molar-refractivity contribution in [1.82, 2.24) is 10.1 Å². The van der Waals surface area contributed by atoms with Gasteiger partial charge in [0, 0.05) is 5.92 Å². The molecule has 0 bridgehead atoms. The Morgan fingerprint density at radius 2 is 1.90 bits per heavy atom. The topological polar surface area (TPSA) is 140 Å². The van der Waals surface area contributed by atoms with Crippen molar-refractivity contribution < 1.29 is 24.3 Å². The molecule has 1 rings (SSSR count). The molecule has 1 aromatic heterocycles. The minimum Gasteiger partial charge on any atom is -0.473 e. The van der Waals surface area contributed by atoms with Crippen molar-refractivity contribution in [3.05, 3.63) is 11.7 Å². The minimum atomic E-state index is -1.82. The number of nitrogens with two attached hydrogens (primary N) is 1. The quantitative estimate of drug-likeness (QED) is 0.682. The van der Waals surface area contributed by atoms with E-state index in [4.69, 9.17) is 30.1 Å². The minimum absolute atomic E-state index is 0.123. The van der Waals surface area contributed by atoms with Gasteiger partial charge in [0.1, 0.15) is 0 Å². The maximum atomic E-state index is 9.10. The first-order chi connectivity index (χ1) is 9.29. The number of hydrogen-bond donors (Lipinski definition) is 3. The largest absolute Gasteiger partial charge is 0.473 e. The fraction of sp³-hybridized carbons (Fsp3) is 0.636. The van der Waals surface area contributed by atoms with Crippen LogP contribution in [0.1, 0.15) is 43.9 Å². The summed E-state index contributed by atoms with van der Waals surface area (Å²) in [6, 6.07) is -0.123. The third kappa shape index (κ3) is 7.10. The second-order valence-electron chi connectivity index (χ2n) is 4.14. The zero-order valence-corrected chi connectivity index (χ0v) is 12.4. The highest BCUT2D eigenvalue weighted by Crippen LogP contribution is 2.16. The van der Waals surface area contributed by atoms with Gasteiger partial charge < -0.3 is 20.5 Å². The van der Waals surface area contributed by atoms with E-state index < -0.39 is 11.9 Å². The van der Waals surface area contributed by atoms with Crippen molar-refractivity contribution in [2.45, 2.75) is 32.2 Å². The lowest BCUT2D eigenvalue weighted by Gasteiger charge is -2.03. The lowest BCUT2D eigenvalue weighted by atomic mass is 10.2. The normalized spacial score (nSPS) is 11.7. The van der Waals surface area contributed by atoms with Crippen LogP contribution in [-0.4, -0.2) is 44.3 Å². The second kappa shape index (κ2) is 9.32. The highest BCUT2D eigenvalue weighted by atomic mass is 32.2. The van der Waals surface area contributed by atoms with Crippen molar-refractivity contribution in [2.75, 3.05) is 12.0 Å². The van der Waals surface area contributed by atoms with Crippen LogP contribution in [0.4, 0.5) is 0 Å². The van der Waals surface area contributed by atoms with Crippen LogP contribution < -0.4 is 5.73 Å². The van der Waals surface area contributed by atoms with Gasteiger partial charge in [-0.1, -0.05) is 19.0 Å². The summed E-state index contributed by atoms with van der Waals surface area (Å²) in [6.45, 7) is 4.06. The Bertz CT molecular complexity index is 423. The lowest BCUT2D eigenvalue weighted by molar-refractivity contribution is -0.159. The molecular weight excluding hydrogens is 286 g/mol. The second-order valence-corrected chi connectivity index (χ2v) is 5.13. The van der Waals surface area contributed by atoms with Crippen molar-refractivity contribution >= 4 is 23.7 Å². The zero-order chi connectivity index (χ0) is 15.7. The fourth-order valence-corrected chi connectivity index (χ4v) is 1.49. The van der Waals surface area contributed by atoms with Gasteiger partial charge in [-0.05, 0) is 18.4 Å². The molecule has 0 fully saturated rings. The Morgan fingerprint density at radius 3 is 2.25 bits per heavy atom. The summed E-state index contributed by atoms with van der Waals surface area (Å²) in [5, 5.41) is 18.7. The number of carbonyl (C=O) groups is 2. The number of rotatable bonds is 5. The molecule has 0 aliphatic rings. The van der Waals surface area contributed by atoms with Gasteiger partial charge in [-0.25, -0.2) is 9.59 Å². The average molecular weight is 305 g/mol. The van der Waals surface area contributed by atoms with Gasteiger partial charge in [0.2, 0.25) is 5.89 Å². The van der Waals surface area contributed by atoms with Crippen molar-refractivity contribution in [2.24, 2.45) is 5.73 Å². The molecule has 0 aromatic carbocycles. The highest BCUT2D eigenvalue weighted by Gasteiger charge is 2.15. The molecule has 0 saturated heterocycles. The molecule has 0 saturated carbocycles. The zero-order valence-electron chi connectivity index (χ0n) is 11.6. The van der Waals surface area contributed by atoms with E-state index in [9.17, 15) is 0 Å². The number of carboxylic acid groups (broad SMARTS) is 2. The van der Waals surface area contributed by atoms with Gasteiger partial charge in [0.05, 0.1) is 6.04 Å². The monoisotopic (exact) mass is 305 g/mol. The van der Waals surface area contributed by atoms with E-state index in [-0.39, 0.29) is 6.04 Å². The van der Waals surface area contributed by atoms with Gasteiger partial charge in [-0.2, -0.15) is 16.7 Å². The molecule has 9 heteroatoms. The van der Waals surface area contributed by atoms with Crippen LogP contribution >= 0.6 is 11.8 Å². The fourth-order valence-electron chi connectivity index (χ4n) is 1.00. The van der Waals surface area contributed by atoms with Gasteiger partial charge in [0.15, 0.2) is 5.82 Å². The van der Waals surface area contributed by atoms with E-state index in [0.717, 1.165) is 18.0 Å². The third-order valence-electron chi connectivity index (χ3n) is 2.11. The number of aliphatic carboxylic acids is 2. The maximum Gasteiger partial charge on any atom is 0.414 e. The Kier molecular flexibility index (Phi) is 8.57. The Hall–Kier alpha value is -1.61. The molecule has 1 aromatic rings. The third-order valence-corrected chi connectivity index (χ3v) is 2.75. The van der Waals surface area contributed by atoms with Crippen LogP contribution in [0.5, 0.6) is 0 Å². The van der Waals surface area contributed by atoms with E-state index in [1.807, 2.05) is 13.8 Å². The van der Waals surface area contributed by atoms with Crippen LogP contribution in [0.25, 0.3) is 0 Å². The van der Waals surface area contributed by atoms with E-state index >= 15 is 0 Å².